The standard InChI is InChI=1S/C10H18N4S2/c1-7(10-12-8(2)13-14-10)11-9-5-15-3-4-16-6-9/h7,9,11H,3-6H2,1-2H3,(H,12,13,14). The summed E-state index contributed by atoms with van der Waals surface area (Å²) in [6.45, 7) is 4.06. The van der Waals surface area contributed by atoms with E-state index >= 15 is 0 Å². The van der Waals surface area contributed by atoms with Crippen molar-refractivity contribution in [3.05, 3.63) is 11.6 Å². The molecule has 1 aromatic heterocycles. The number of H-pyrrole nitrogens is 1. The van der Waals surface area contributed by atoms with Gasteiger partial charge in [0.2, 0.25) is 0 Å². The summed E-state index contributed by atoms with van der Waals surface area (Å²) in [6, 6.07) is 0.806. The Morgan fingerprint density at radius 1 is 1.38 bits per heavy atom. The van der Waals surface area contributed by atoms with Gasteiger partial charge < -0.3 is 5.32 Å². The SMILES string of the molecule is Cc1nc(C(C)NC2CSCCSC2)n[nH]1. The molecule has 0 aliphatic carbocycles. The fourth-order valence-corrected chi connectivity index (χ4v) is 4.12. The quantitative estimate of drug-likeness (QED) is 0.863. The van der Waals surface area contributed by atoms with Crippen molar-refractivity contribution < 1.29 is 0 Å². The summed E-state index contributed by atoms with van der Waals surface area (Å²) in [5.74, 6) is 6.69. The van der Waals surface area contributed by atoms with E-state index in [1.165, 1.54) is 23.0 Å². The summed E-state index contributed by atoms with van der Waals surface area (Å²) >= 11 is 4.07. The summed E-state index contributed by atoms with van der Waals surface area (Å²) in [5, 5.41) is 10.7. The lowest BCUT2D eigenvalue weighted by Crippen LogP contribution is -2.35. The zero-order chi connectivity index (χ0) is 11.4. The first-order valence-corrected chi connectivity index (χ1v) is 7.87. The molecule has 0 saturated carbocycles. The number of hydrogen-bond donors (Lipinski definition) is 2. The molecule has 6 heteroatoms. The van der Waals surface area contributed by atoms with E-state index in [4.69, 9.17) is 0 Å². The zero-order valence-electron chi connectivity index (χ0n) is 9.69. The second-order valence-electron chi connectivity index (χ2n) is 4.01. The summed E-state index contributed by atoms with van der Waals surface area (Å²) in [7, 11) is 0. The van der Waals surface area contributed by atoms with E-state index in [0.29, 0.717) is 6.04 Å². The van der Waals surface area contributed by atoms with Gasteiger partial charge >= 0.3 is 0 Å². The first kappa shape index (κ1) is 12.3. The Morgan fingerprint density at radius 2 is 2.06 bits per heavy atom. The van der Waals surface area contributed by atoms with E-state index < -0.39 is 0 Å². The first-order chi connectivity index (χ1) is 7.75. The number of nitrogens with one attached hydrogen (secondary N) is 2. The minimum atomic E-state index is 0.231. The highest BCUT2D eigenvalue weighted by Gasteiger charge is 2.18. The molecule has 1 aliphatic rings. The van der Waals surface area contributed by atoms with Gasteiger partial charge in [-0.2, -0.15) is 28.6 Å². The summed E-state index contributed by atoms with van der Waals surface area (Å²) in [6.07, 6.45) is 0. The number of hydrogen-bond acceptors (Lipinski definition) is 5. The Bertz CT molecular complexity index is 320. The van der Waals surface area contributed by atoms with Crippen molar-refractivity contribution in [2.75, 3.05) is 23.0 Å². The maximum Gasteiger partial charge on any atom is 0.167 e. The molecule has 4 nitrogen and oxygen atoms in total. The van der Waals surface area contributed by atoms with E-state index in [9.17, 15) is 0 Å². The molecule has 1 unspecified atom stereocenters. The normalized spacial score (nSPS) is 20.6. The first-order valence-electron chi connectivity index (χ1n) is 5.56. The second-order valence-corrected chi connectivity index (χ2v) is 6.31. The van der Waals surface area contributed by atoms with Gasteiger partial charge in [0, 0.05) is 29.1 Å². The van der Waals surface area contributed by atoms with Crippen LogP contribution in [-0.4, -0.2) is 44.2 Å². The maximum absolute atomic E-state index is 4.36. The molecule has 0 bridgehead atoms. The largest absolute Gasteiger partial charge is 0.303 e. The minimum Gasteiger partial charge on any atom is -0.303 e. The van der Waals surface area contributed by atoms with Crippen LogP contribution in [0.2, 0.25) is 0 Å². The third-order valence-electron chi connectivity index (χ3n) is 2.50. The molecule has 0 aromatic carbocycles. The van der Waals surface area contributed by atoms with Crippen molar-refractivity contribution in [3.8, 4) is 0 Å². The fourth-order valence-electron chi connectivity index (χ4n) is 1.70. The molecule has 2 rings (SSSR count). The van der Waals surface area contributed by atoms with Crippen molar-refractivity contribution in [3.63, 3.8) is 0 Å². The van der Waals surface area contributed by atoms with Gasteiger partial charge in [0.1, 0.15) is 5.82 Å². The molecule has 0 spiro atoms. The van der Waals surface area contributed by atoms with Crippen molar-refractivity contribution >= 4 is 23.5 Å². The van der Waals surface area contributed by atoms with Crippen LogP contribution in [0.25, 0.3) is 0 Å². The predicted octanol–water partition coefficient (Wildman–Crippen LogP) is 1.61. The molecule has 0 radical (unpaired) electrons. The van der Waals surface area contributed by atoms with E-state index in [1.807, 2.05) is 30.4 Å². The predicted molar refractivity (Wildman–Crippen MR) is 71.1 cm³/mol. The van der Waals surface area contributed by atoms with Crippen LogP contribution < -0.4 is 5.32 Å². The molecule has 16 heavy (non-hydrogen) atoms. The maximum atomic E-state index is 4.36. The van der Waals surface area contributed by atoms with Gasteiger partial charge in [-0.25, -0.2) is 4.98 Å². The van der Waals surface area contributed by atoms with Crippen LogP contribution in [0.5, 0.6) is 0 Å². The highest BCUT2D eigenvalue weighted by Crippen LogP contribution is 2.18. The van der Waals surface area contributed by atoms with Gasteiger partial charge in [0.05, 0.1) is 6.04 Å². The molecule has 1 saturated heterocycles. The monoisotopic (exact) mass is 258 g/mol. The van der Waals surface area contributed by atoms with Crippen LogP contribution in [-0.2, 0) is 0 Å². The number of thioether (sulfide) groups is 2. The van der Waals surface area contributed by atoms with Gasteiger partial charge in [-0.05, 0) is 13.8 Å². The lowest BCUT2D eigenvalue weighted by molar-refractivity contribution is 0.497. The van der Waals surface area contributed by atoms with Gasteiger partial charge in [0.15, 0.2) is 5.82 Å². The Kier molecular flexibility index (Phi) is 4.55. The lowest BCUT2D eigenvalue weighted by Gasteiger charge is -2.19. The Hall–Kier alpha value is -0.200. The van der Waals surface area contributed by atoms with Gasteiger partial charge in [-0.15, -0.1) is 0 Å². The smallest absolute Gasteiger partial charge is 0.167 e. The summed E-state index contributed by atoms with van der Waals surface area (Å²) < 4.78 is 0. The summed E-state index contributed by atoms with van der Waals surface area (Å²) in [4.78, 5) is 4.36. The molecule has 1 aliphatic heterocycles. The minimum absolute atomic E-state index is 0.231. The number of rotatable bonds is 3. The van der Waals surface area contributed by atoms with Gasteiger partial charge in [-0.1, -0.05) is 0 Å². The molecular weight excluding hydrogens is 240 g/mol. The van der Waals surface area contributed by atoms with Crippen LogP contribution in [0.4, 0.5) is 0 Å². The molecular formula is C10H18N4S2. The Morgan fingerprint density at radius 3 is 2.62 bits per heavy atom. The van der Waals surface area contributed by atoms with Crippen LogP contribution in [0, 0.1) is 6.92 Å². The lowest BCUT2D eigenvalue weighted by atomic mass is 10.2. The summed E-state index contributed by atoms with van der Waals surface area (Å²) in [5.41, 5.74) is 0. The molecule has 90 valence electrons. The Balaban J connectivity index is 1.88. The zero-order valence-corrected chi connectivity index (χ0v) is 11.3. The third kappa shape index (κ3) is 3.40. The van der Waals surface area contributed by atoms with Crippen LogP contribution >= 0.6 is 23.5 Å². The van der Waals surface area contributed by atoms with Crippen molar-refractivity contribution in [1.29, 1.82) is 0 Å². The van der Waals surface area contributed by atoms with E-state index in [0.717, 1.165) is 11.6 Å². The topological polar surface area (TPSA) is 53.6 Å². The van der Waals surface area contributed by atoms with E-state index in [1.54, 1.807) is 0 Å². The number of aromatic amines is 1. The van der Waals surface area contributed by atoms with Gasteiger partial charge in [-0.3, -0.25) is 5.10 Å². The molecule has 0 amide bonds. The molecule has 1 aromatic rings. The highest BCUT2D eigenvalue weighted by molar-refractivity contribution is 8.03. The van der Waals surface area contributed by atoms with E-state index in [2.05, 4.69) is 27.4 Å². The number of nitrogens with zero attached hydrogens (tertiary/aromatic N) is 2. The van der Waals surface area contributed by atoms with Crippen LogP contribution in [0.1, 0.15) is 24.6 Å². The molecule has 2 heterocycles. The van der Waals surface area contributed by atoms with Crippen LogP contribution in [0.15, 0.2) is 0 Å². The third-order valence-corrected chi connectivity index (χ3v) is 5.02. The average Bonchev–Trinajstić information content (AvgIpc) is 2.54. The Labute approximate surface area is 105 Å². The van der Waals surface area contributed by atoms with Gasteiger partial charge in [0.25, 0.3) is 0 Å². The highest BCUT2D eigenvalue weighted by atomic mass is 32.2. The van der Waals surface area contributed by atoms with Crippen LogP contribution in [0.3, 0.4) is 0 Å². The molecule has 2 N–H and O–H groups in total. The van der Waals surface area contributed by atoms with Crippen molar-refractivity contribution in [2.24, 2.45) is 0 Å². The number of aryl methyl sites for hydroxylation is 1. The molecule has 1 atom stereocenters. The van der Waals surface area contributed by atoms with E-state index in [-0.39, 0.29) is 6.04 Å². The van der Waals surface area contributed by atoms with Crippen molar-refractivity contribution in [2.45, 2.75) is 25.9 Å². The molecule has 1 fully saturated rings. The number of aromatic nitrogens is 3. The van der Waals surface area contributed by atoms with Crippen molar-refractivity contribution in [1.82, 2.24) is 20.5 Å². The average molecular weight is 258 g/mol. The fraction of sp³-hybridized carbons (Fsp3) is 0.800. The second kappa shape index (κ2) is 5.93.